The van der Waals surface area contributed by atoms with Gasteiger partial charge in [-0.05, 0) is 55.3 Å². The molecule has 3 rings (SSSR count). The Morgan fingerprint density at radius 1 is 1.13 bits per heavy atom. The molecule has 30 heavy (non-hydrogen) atoms. The highest BCUT2D eigenvalue weighted by atomic mass is 35.5. The molecule has 0 radical (unpaired) electrons. The number of methoxy groups -OCH3 is 1. The maximum Gasteiger partial charge on any atom is 0.308 e. The fourth-order valence-corrected chi connectivity index (χ4v) is 4.51. The molecule has 1 fully saturated rings. The number of halogens is 2. The number of sulfonamides is 1. The van der Waals surface area contributed by atoms with E-state index < -0.39 is 21.7 Å². The molecule has 0 unspecified atom stereocenters. The third-order valence-corrected chi connectivity index (χ3v) is 6.60. The average Bonchev–Trinajstić information content (AvgIpc) is 2.74. The predicted octanol–water partition coefficient (Wildman–Crippen LogP) is 3.31. The van der Waals surface area contributed by atoms with Crippen LogP contribution in [-0.2, 0) is 19.6 Å². The first-order valence-electron chi connectivity index (χ1n) is 9.16. The first-order chi connectivity index (χ1) is 14.2. The van der Waals surface area contributed by atoms with Gasteiger partial charge in [0, 0.05) is 18.8 Å². The van der Waals surface area contributed by atoms with Crippen molar-refractivity contribution in [1.82, 2.24) is 4.90 Å². The summed E-state index contributed by atoms with van der Waals surface area (Å²) in [6.45, 7) is 0.666. The third-order valence-electron chi connectivity index (χ3n) is 4.89. The number of nitrogens with one attached hydrogen (secondary N) is 1. The molecule has 1 heterocycles. The van der Waals surface area contributed by atoms with Crippen molar-refractivity contribution in [2.75, 3.05) is 24.9 Å². The second-order valence-electron chi connectivity index (χ2n) is 6.84. The predicted molar refractivity (Wildman–Crippen MR) is 109 cm³/mol. The van der Waals surface area contributed by atoms with Crippen LogP contribution < -0.4 is 4.72 Å². The van der Waals surface area contributed by atoms with E-state index in [1.807, 2.05) is 0 Å². The van der Waals surface area contributed by atoms with Crippen LogP contribution in [0.4, 0.5) is 10.1 Å². The average molecular weight is 455 g/mol. The fraction of sp³-hybridized carbons (Fsp3) is 0.300. The van der Waals surface area contributed by atoms with Crippen LogP contribution in [0.25, 0.3) is 0 Å². The third kappa shape index (κ3) is 4.91. The van der Waals surface area contributed by atoms with E-state index in [1.165, 1.54) is 42.3 Å². The summed E-state index contributed by atoms with van der Waals surface area (Å²) in [5.41, 5.74) is 0.235. The van der Waals surface area contributed by atoms with Crippen LogP contribution in [0, 0.1) is 11.7 Å². The Balaban J connectivity index is 1.78. The molecule has 2 aromatic rings. The summed E-state index contributed by atoms with van der Waals surface area (Å²) in [5.74, 6) is -1.48. The summed E-state index contributed by atoms with van der Waals surface area (Å²) in [4.78, 5) is 25.9. The quantitative estimate of drug-likeness (QED) is 0.700. The molecule has 0 spiro atoms. The van der Waals surface area contributed by atoms with Gasteiger partial charge >= 0.3 is 5.97 Å². The van der Waals surface area contributed by atoms with Crippen LogP contribution >= 0.6 is 11.6 Å². The topological polar surface area (TPSA) is 92.8 Å². The van der Waals surface area contributed by atoms with Crippen molar-refractivity contribution in [3.05, 3.63) is 58.9 Å². The van der Waals surface area contributed by atoms with Gasteiger partial charge in [-0.1, -0.05) is 11.6 Å². The van der Waals surface area contributed by atoms with Crippen molar-refractivity contribution in [3.63, 3.8) is 0 Å². The van der Waals surface area contributed by atoms with Crippen molar-refractivity contribution < 1.29 is 27.1 Å². The number of benzene rings is 2. The molecule has 1 aliphatic heterocycles. The lowest BCUT2D eigenvalue weighted by atomic mass is 9.96. The number of ether oxygens (including phenoxy) is 1. The van der Waals surface area contributed by atoms with Crippen molar-refractivity contribution in [1.29, 1.82) is 0 Å². The van der Waals surface area contributed by atoms with Gasteiger partial charge in [0.1, 0.15) is 5.82 Å². The van der Waals surface area contributed by atoms with Gasteiger partial charge in [0.2, 0.25) is 0 Å². The van der Waals surface area contributed by atoms with Gasteiger partial charge in [-0.3, -0.25) is 14.3 Å². The fourth-order valence-electron chi connectivity index (χ4n) is 3.22. The Kier molecular flexibility index (Phi) is 6.62. The smallest absolute Gasteiger partial charge is 0.308 e. The Hall–Kier alpha value is -2.65. The Morgan fingerprint density at radius 2 is 1.77 bits per heavy atom. The number of hydrogen-bond acceptors (Lipinski definition) is 5. The number of piperidine rings is 1. The van der Waals surface area contributed by atoms with Gasteiger partial charge in [0.05, 0.1) is 28.5 Å². The summed E-state index contributed by atoms with van der Waals surface area (Å²) in [7, 11) is -2.69. The van der Waals surface area contributed by atoms with Gasteiger partial charge in [-0.25, -0.2) is 12.8 Å². The molecule has 0 atom stereocenters. The minimum absolute atomic E-state index is 0.0511. The summed E-state index contributed by atoms with van der Waals surface area (Å²) in [5, 5.41) is 0.121. The summed E-state index contributed by atoms with van der Waals surface area (Å²) in [6.07, 6.45) is 0.917. The second-order valence-corrected chi connectivity index (χ2v) is 8.93. The highest BCUT2D eigenvalue weighted by Gasteiger charge is 2.29. The van der Waals surface area contributed by atoms with Crippen LogP contribution in [0.2, 0.25) is 5.02 Å². The van der Waals surface area contributed by atoms with Crippen LogP contribution in [0.5, 0.6) is 0 Å². The molecular formula is C20H20ClFN2O5S. The van der Waals surface area contributed by atoms with E-state index in [2.05, 4.69) is 4.72 Å². The zero-order valence-electron chi connectivity index (χ0n) is 16.1. The second kappa shape index (κ2) is 9.01. The summed E-state index contributed by atoms with van der Waals surface area (Å²) in [6, 6.07) is 8.69. The van der Waals surface area contributed by atoms with Crippen molar-refractivity contribution in [3.8, 4) is 0 Å². The monoisotopic (exact) mass is 454 g/mol. The first-order valence-corrected chi connectivity index (χ1v) is 11.0. The molecule has 2 aromatic carbocycles. The van der Waals surface area contributed by atoms with Crippen molar-refractivity contribution in [2.24, 2.45) is 5.92 Å². The zero-order valence-corrected chi connectivity index (χ0v) is 17.7. The molecule has 1 N–H and O–H groups in total. The molecule has 1 aliphatic rings. The maximum atomic E-state index is 13.0. The molecule has 10 heteroatoms. The number of amides is 1. The molecular weight excluding hydrogens is 435 g/mol. The van der Waals surface area contributed by atoms with E-state index in [9.17, 15) is 22.4 Å². The minimum atomic E-state index is -4.02. The molecule has 7 nitrogen and oxygen atoms in total. The Labute approximate surface area is 178 Å². The molecule has 1 amide bonds. The summed E-state index contributed by atoms with van der Waals surface area (Å²) >= 11 is 6.16. The van der Waals surface area contributed by atoms with Crippen molar-refractivity contribution in [2.45, 2.75) is 17.7 Å². The van der Waals surface area contributed by atoms with E-state index in [0.29, 0.717) is 25.9 Å². The molecule has 0 aromatic heterocycles. The van der Waals surface area contributed by atoms with E-state index in [1.54, 1.807) is 0 Å². The molecule has 1 saturated heterocycles. The number of carbonyl (C=O) groups is 2. The normalized spacial score (nSPS) is 15.0. The molecule has 0 saturated carbocycles. The van der Waals surface area contributed by atoms with Crippen LogP contribution in [0.3, 0.4) is 0 Å². The van der Waals surface area contributed by atoms with Crippen LogP contribution in [-0.4, -0.2) is 45.4 Å². The van der Waals surface area contributed by atoms with E-state index in [0.717, 1.165) is 12.1 Å². The number of hydrogen-bond donors (Lipinski definition) is 1. The van der Waals surface area contributed by atoms with Gasteiger partial charge < -0.3 is 9.64 Å². The lowest BCUT2D eigenvalue weighted by Gasteiger charge is -2.31. The standard InChI is InChI=1S/C20H20ClFN2O5S/c1-29-20(26)13-8-10-24(11-9-13)19(25)17-12-16(6-7-18(17)21)30(27,28)23-15-4-2-14(22)3-5-15/h2-7,12-13,23H,8-11H2,1H3. The van der Waals surface area contributed by atoms with Gasteiger partial charge in [-0.15, -0.1) is 0 Å². The number of rotatable bonds is 5. The van der Waals surface area contributed by atoms with Crippen LogP contribution in [0.1, 0.15) is 23.2 Å². The Bertz CT molecular complexity index is 1050. The molecule has 160 valence electrons. The van der Waals surface area contributed by atoms with Gasteiger partial charge in [0.25, 0.3) is 15.9 Å². The Morgan fingerprint density at radius 3 is 2.37 bits per heavy atom. The molecule has 0 aliphatic carbocycles. The lowest BCUT2D eigenvalue weighted by Crippen LogP contribution is -2.40. The number of carbonyl (C=O) groups excluding carboxylic acids is 2. The zero-order chi connectivity index (χ0) is 21.9. The maximum absolute atomic E-state index is 13.0. The highest BCUT2D eigenvalue weighted by molar-refractivity contribution is 7.92. The largest absolute Gasteiger partial charge is 0.469 e. The number of nitrogens with zero attached hydrogens (tertiary/aromatic N) is 1. The van der Waals surface area contributed by atoms with E-state index in [-0.39, 0.29) is 33.1 Å². The number of likely N-dealkylation sites (tertiary alicyclic amines) is 1. The summed E-state index contributed by atoms with van der Waals surface area (Å²) < 4.78 is 45.5. The molecule has 0 bridgehead atoms. The number of esters is 1. The number of anilines is 1. The van der Waals surface area contributed by atoms with Crippen LogP contribution in [0.15, 0.2) is 47.4 Å². The first kappa shape index (κ1) is 22.0. The van der Waals surface area contributed by atoms with E-state index in [4.69, 9.17) is 16.3 Å². The lowest BCUT2D eigenvalue weighted by molar-refractivity contribution is -0.146. The van der Waals surface area contributed by atoms with Gasteiger partial charge in [-0.2, -0.15) is 0 Å². The van der Waals surface area contributed by atoms with Gasteiger partial charge in [0.15, 0.2) is 0 Å². The highest BCUT2D eigenvalue weighted by Crippen LogP contribution is 2.26. The SMILES string of the molecule is COC(=O)C1CCN(C(=O)c2cc(S(=O)(=O)Nc3ccc(F)cc3)ccc2Cl)CC1. The van der Waals surface area contributed by atoms with E-state index >= 15 is 0 Å². The van der Waals surface area contributed by atoms with Crippen molar-refractivity contribution >= 4 is 39.2 Å². The minimum Gasteiger partial charge on any atom is -0.469 e.